The van der Waals surface area contributed by atoms with Crippen molar-refractivity contribution in [1.29, 1.82) is 0 Å². The quantitative estimate of drug-likeness (QED) is 0.371. The van der Waals surface area contributed by atoms with Crippen LogP contribution in [0.4, 0.5) is 11.4 Å². The lowest BCUT2D eigenvalue weighted by molar-refractivity contribution is -0.118. The Morgan fingerprint density at radius 2 is 1.68 bits per heavy atom. The Balaban J connectivity index is 1.64. The molecule has 1 aliphatic carbocycles. The van der Waals surface area contributed by atoms with E-state index >= 15 is 0 Å². The van der Waals surface area contributed by atoms with Gasteiger partial charge in [-0.25, -0.2) is 0 Å². The van der Waals surface area contributed by atoms with E-state index in [2.05, 4.69) is 19.2 Å². The van der Waals surface area contributed by atoms with Crippen LogP contribution in [0.2, 0.25) is 10.0 Å². The summed E-state index contributed by atoms with van der Waals surface area (Å²) in [6.07, 6.45) is 1.05. The van der Waals surface area contributed by atoms with Crippen LogP contribution in [0.3, 0.4) is 0 Å². The highest BCUT2D eigenvalue weighted by Gasteiger charge is 2.42. The number of halogens is 2. The predicted octanol–water partition coefficient (Wildman–Crippen LogP) is 7.74. The fraction of sp³-hybridized carbons (Fsp3) is 0.267. The summed E-state index contributed by atoms with van der Waals surface area (Å²) in [5.74, 6) is 0.171. The summed E-state index contributed by atoms with van der Waals surface area (Å²) in [4.78, 5) is 28.5. The molecule has 1 amide bonds. The van der Waals surface area contributed by atoms with Crippen molar-refractivity contribution >= 4 is 46.3 Å². The van der Waals surface area contributed by atoms with Gasteiger partial charge in [-0.2, -0.15) is 0 Å². The first-order valence-corrected chi connectivity index (χ1v) is 13.0. The molecule has 1 N–H and O–H groups in total. The first-order valence-electron chi connectivity index (χ1n) is 12.2. The van der Waals surface area contributed by atoms with Gasteiger partial charge in [0.1, 0.15) is 6.61 Å². The van der Waals surface area contributed by atoms with Gasteiger partial charge in [0.2, 0.25) is 5.91 Å². The van der Waals surface area contributed by atoms with Crippen LogP contribution < -0.4 is 15.0 Å². The number of benzene rings is 3. The van der Waals surface area contributed by atoms with Crippen molar-refractivity contribution in [3.8, 4) is 5.75 Å². The molecule has 0 saturated carbocycles. The number of Topliss-reactive ketones (excluding diaryl/α,β-unsaturated/α-hetero) is 1. The minimum atomic E-state index is -0.689. The molecule has 0 fully saturated rings. The van der Waals surface area contributed by atoms with E-state index in [1.165, 1.54) is 6.92 Å². The molecule has 3 aromatic rings. The zero-order chi connectivity index (χ0) is 26.3. The van der Waals surface area contributed by atoms with E-state index < -0.39 is 6.04 Å². The van der Waals surface area contributed by atoms with Gasteiger partial charge in [-0.05, 0) is 47.2 Å². The number of ketones is 1. The second-order valence-electron chi connectivity index (χ2n) is 10.4. The molecule has 3 aromatic carbocycles. The summed E-state index contributed by atoms with van der Waals surface area (Å²) in [6, 6.07) is 20.1. The topological polar surface area (TPSA) is 58.6 Å². The number of hydrogen-bond acceptors (Lipinski definition) is 4. The molecule has 5 nitrogen and oxygen atoms in total. The van der Waals surface area contributed by atoms with Crippen LogP contribution >= 0.6 is 23.2 Å². The van der Waals surface area contributed by atoms with Crippen LogP contribution in [0.1, 0.15) is 50.8 Å². The maximum Gasteiger partial charge on any atom is 0.224 e. The van der Waals surface area contributed by atoms with Crippen LogP contribution in [0, 0.1) is 5.41 Å². The highest BCUT2D eigenvalue weighted by molar-refractivity contribution is 6.37. The molecule has 5 rings (SSSR count). The first kappa shape index (κ1) is 25.4. The number of fused-ring (bicyclic) bond motifs is 1. The van der Waals surface area contributed by atoms with E-state index in [1.807, 2.05) is 54.6 Å². The summed E-state index contributed by atoms with van der Waals surface area (Å²) >= 11 is 13.4. The second kappa shape index (κ2) is 9.88. The number of carbonyl (C=O) groups excluding carboxylic acids is 2. The molecule has 0 spiro atoms. The minimum absolute atomic E-state index is 0.000504. The molecule has 1 atom stereocenters. The van der Waals surface area contributed by atoms with Gasteiger partial charge in [0.25, 0.3) is 0 Å². The number of anilines is 2. The van der Waals surface area contributed by atoms with Gasteiger partial charge >= 0.3 is 0 Å². The van der Waals surface area contributed by atoms with E-state index in [0.717, 1.165) is 16.9 Å². The van der Waals surface area contributed by atoms with Gasteiger partial charge in [0.15, 0.2) is 11.5 Å². The van der Waals surface area contributed by atoms with Gasteiger partial charge in [-0.1, -0.05) is 79.5 Å². The third kappa shape index (κ3) is 4.98. The summed E-state index contributed by atoms with van der Waals surface area (Å²) in [6.45, 7) is 5.98. The molecule has 190 valence electrons. The Hall–Kier alpha value is -3.28. The summed E-state index contributed by atoms with van der Waals surface area (Å²) in [5.41, 5.74) is 4.28. The number of amides is 1. The molecule has 0 saturated heterocycles. The Bertz CT molecular complexity index is 1390. The number of allylic oxidation sites excluding steroid dienone is 1. The van der Waals surface area contributed by atoms with Crippen molar-refractivity contribution < 1.29 is 14.3 Å². The molecule has 0 bridgehead atoms. The average molecular weight is 535 g/mol. The van der Waals surface area contributed by atoms with Crippen LogP contribution in [-0.4, -0.2) is 11.7 Å². The Morgan fingerprint density at radius 3 is 2.35 bits per heavy atom. The van der Waals surface area contributed by atoms with E-state index in [-0.39, 0.29) is 17.1 Å². The van der Waals surface area contributed by atoms with Crippen molar-refractivity contribution in [3.05, 3.63) is 99.2 Å². The highest BCUT2D eigenvalue weighted by atomic mass is 35.5. The minimum Gasteiger partial charge on any atom is -0.486 e. The van der Waals surface area contributed by atoms with E-state index in [9.17, 15) is 9.59 Å². The van der Waals surface area contributed by atoms with Crippen molar-refractivity contribution in [2.24, 2.45) is 5.41 Å². The van der Waals surface area contributed by atoms with Crippen molar-refractivity contribution in [1.82, 2.24) is 0 Å². The van der Waals surface area contributed by atoms with Crippen molar-refractivity contribution in [3.63, 3.8) is 0 Å². The molecule has 2 aliphatic rings. The second-order valence-corrected chi connectivity index (χ2v) is 11.2. The zero-order valence-electron chi connectivity index (χ0n) is 21.0. The largest absolute Gasteiger partial charge is 0.486 e. The molecule has 1 heterocycles. The Labute approximate surface area is 227 Å². The van der Waals surface area contributed by atoms with Crippen LogP contribution in [0.15, 0.2) is 78.0 Å². The maximum absolute atomic E-state index is 13.7. The lowest BCUT2D eigenvalue weighted by atomic mass is 9.73. The molecule has 0 radical (unpaired) electrons. The molecule has 0 aromatic heterocycles. The average Bonchev–Trinajstić information content (AvgIpc) is 2.97. The Kier molecular flexibility index (Phi) is 6.78. The number of carbonyl (C=O) groups is 2. The fourth-order valence-corrected chi connectivity index (χ4v) is 5.87. The predicted molar refractivity (Wildman–Crippen MR) is 148 cm³/mol. The molecule has 1 unspecified atom stereocenters. The number of nitrogens with one attached hydrogen (secondary N) is 1. The third-order valence-electron chi connectivity index (χ3n) is 6.80. The maximum atomic E-state index is 13.7. The molecular formula is C30H28Cl2N2O3. The third-order valence-corrected chi connectivity index (χ3v) is 7.36. The zero-order valence-corrected chi connectivity index (χ0v) is 22.5. The first-order chi connectivity index (χ1) is 17.6. The van der Waals surface area contributed by atoms with Crippen LogP contribution in [-0.2, 0) is 16.2 Å². The number of hydrogen-bond donors (Lipinski definition) is 1. The highest BCUT2D eigenvalue weighted by Crippen LogP contribution is 2.49. The summed E-state index contributed by atoms with van der Waals surface area (Å²) in [7, 11) is 0. The van der Waals surface area contributed by atoms with Gasteiger partial charge in [0, 0.05) is 24.6 Å². The normalized spacial score (nSPS) is 18.5. The van der Waals surface area contributed by atoms with Gasteiger partial charge in [-0.3, -0.25) is 14.5 Å². The fourth-order valence-electron chi connectivity index (χ4n) is 5.26. The number of para-hydroxylation sites is 2. The summed E-state index contributed by atoms with van der Waals surface area (Å²) < 4.78 is 5.97. The standard InChI is InChI=1S/C30H28Cl2N2O3/c1-18(35)34-25-12-8-7-11-23(25)33-24-15-30(2,3)16-26(36)27(24)28(34)20-13-21(31)29(22(32)14-20)37-17-19-9-5-4-6-10-19/h4-14,28,33H,15-17H2,1-3H3. The van der Waals surface area contributed by atoms with Crippen molar-refractivity contribution in [2.75, 3.05) is 10.2 Å². The molecule has 7 heteroatoms. The van der Waals surface area contributed by atoms with E-state index in [1.54, 1.807) is 17.0 Å². The lowest BCUT2D eigenvalue weighted by Gasteiger charge is -2.37. The van der Waals surface area contributed by atoms with E-state index in [0.29, 0.717) is 52.1 Å². The number of ether oxygens (including phenoxy) is 1. The van der Waals surface area contributed by atoms with Crippen LogP contribution in [0.25, 0.3) is 0 Å². The van der Waals surface area contributed by atoms with Gasteiger partial charge < -0.3 is 10.1 Å². The van der Waals surface area contributed by atoms with E-state index in [4.69, 9.17) is 27.9 Å². The monoisotopic (exact) mass is 534 g/mol. The Morgan fingerprint density at radius 1 is 1.03 bits per heavy atom. The lowest BCUT2D eigenvalue weighted by Crippen LogP contribution is -2.38. The molecular weight excluding hydrogens is 507 g/mol. The molecule has 37 heavy (non-hydrogen) atoms. The SMILES string of the molecule is CC(=O)N1c2ccccc2NC2=C(C(=O)CC(C)(C)C2)C1c1cc(Cl)c(OCc2ccccc2)c(Cl)c1. The van der Waals surface area contributed by atoms with Gasteiger partial charge in [-0.15, -0.1) is 0 Å². The molecule has 1 aliphatic heterocycles. The van der Waals surface area contributed by atoms with Crippen LogP contribution in [0.5, 0.6) is 5.75 Å². The smallest absolute Gasteiger partial charge is 0.224 e. The number of nitrogens with zero attached hydrogens (tertiary/aromatic N) is 1. The van der Waals surface area contributed by atoms with Crippen molar-refractivity contribution in [2.45, 2.75) is 46.3 Å². The number of rotatable bonds is 4. The van der Waals surface area contributed by atoms with Gasteiger partial charge in [0.05, 0.1) is 27.5 Å². The summed E-state index contributed by atoms with van der Waals surface area (Å²) in [5, 5.41) is 4.12.